The quantitative estimate of drug-likeness (QED) is 0.128. The van der Waals surface area contributed by atoms with Crippen LogP contribution in [0.4, 0.5) is 16.2 Å². The largest absolute Gasteiger partial charge is 0.449 e. The average Bonchev–Trinajstić information content (AvgIpc) is 3.42. The van der Waals surface area contributed by atoms with Gasteiger partial charge in [0, 0.05) is 24.7 Å². The number of carbonyl (C=O) groups is 2. The fraction of sp³-hybridized carbons (Fsp3) is 0.158. The Morgan fingerprint density at radius 2 is 1.35 bits per heavy atom. The molecule has 0 unspecified atom stereocenters. The van der Waals surface area contributed by atoms with E-state index in [1.807, 2.05) is 54.6 Å². The maximum atomic E-state index is 13.9. The fourth-order valence-corrected chi connectivity index (χ4v) is 6.10. The molecule has 0 aliphatic heterocycles. The third-order valence-electron chi connectivity index (χ3n) is 8.50. The zero-order chi connectivity index (χ0) is 32.0. The van der Waals surface area contributed by atoms with Crippen LogP contribution in [-0.4, -0.2) is 36.6 Å². The molecule has 8 nitrogen and oxygen atoms in total. The molecule has 5 aromatic rings. The molecule has 5 aromatic carbocycles. The second kappa shape index (κ2) is 13.5. The smallest absolute Gasteiger partial charge is 0.407 e. The van der Waals surface area contributed by atoms with Gasteiger partial charge in [0.05, 0.1) is 10.5 Å². The summed E-state index contributed by atoms with van der Waals surface area (Å²) in [6, 6.07) is 38.7. The maximum Gasteiger partial charge on any atom is 0.407 e. The number of anilines is 1. The molecule has 230 valence electrons. The van der Waals surface area contributed by atoms with Crippen LogP contribution in [0.2, 0.25) is 0 Å². The third-order valence-corrected chi connectivity index (χ3v) is 8.50. The van der Waals surface area contributed by atoms with Crippen LogP contribution in [0.5, 0.6) is 0 Å². The minimum atomic E-state index is -0.851. The standard InChI is InChI=1S/C38H33N3O5/c1-40(28-22-20-27(21-23-28)29-13-9-10-18-36(29)41(44)45)37(42)35(24-19-26-11-3-2-4-12-26)39-38(43)46-25-34-32-16-7-5-14-30(32)31-15-6-8-17-33(31)34/h2-18,20-23,34-35H,19,24-25H2,1H3,(H,39,43)/t35-/m1/s1. The van der Waals surface area contributed by atoms with Gasteiger partial charge in [0.1, 0.15) is 12.6 Å². The van der Waals surface area contributed by atoms with Crippen molar-refractivity contribution >= 4 is 23.4 Å². The van der Waals surface area contributed by atoms with E-state index in [-0.39, 0.29) is 24.1 Å². The SMILES string of the molecule is CN(C(=O)[C@@H](CCc1ccccc1)NC(=O)OCC1c2ccccc2-c2ccccc21)c1ccc(-c2ccccc2[N+](=O)[O-])cc1. The Kier molecular flexibility index (Phi) is 8.87. The first-order valence-electron chi connectivity index (χ1n) is 15.2. The number of nitro groups is 1. The summed E-state index contributed by atoms with van der Waals surface area (Å²) >= 11 is 0. The Hall–Kier alpha value is -5.76. The number of hydrogen-bond acceptors (Lipinski definition) is 5. The zero-order valence-corrected chi connectivity index (χ0v) is 25.3. The number of carbonyl (C=O) groups excluding carboxylic acids is 2. The van der Waals surface area contributed by atoms with Crippen LogP contribution >= 0.6 is 0 Å². The fourth-order valence-electron chi connectivity index (χ4n) is 6.10. The molecule has 1 aliphatic rings. The topological polar surface area (TPSA) is 102 Å². The average molecular weight is 612 g/mol. The van der Waals surface area contributed by atoms with E-state index in [2.05, 4.69) is 29.6 Å². The van der Waals surface area contributed by atoms with E-state index in [0.29, 0.717) is 29.7 Å². The Labute approximate surface area is 267 Å². The van der Waals surface area contributed by atoms with E-state index in [1.54, 1.807) is 49.5 Å². The van der Waals surface area contributed by atoms with E-state index in [9.17, 15) is 19.7 Å². The second-order valence-corrected chi connectivity index (χ2v) is 11.3. The van der Waals surface area contributed by atoms with E-state index >= 15 is 0 Å². The van der Waals surface area contributed by atoms with Crippen molar-refractivity contribution in [2.45, 2.75) is 24.8 Å². The van der Waals surface area contributed by atoms with Crippen LogP contribution in [0.1, 0.15) is 29.0 Å². The minimum absolute atomic E-state index is 0.00736. The first-order valence-corrected chi connectivity index (χ1v) is 15.2. The lowest BCUT2D eigenvalue weighted by Gasteiger charge is -2.25. The number of nitro benzene ring substituents is 1. The molecule has 0 bridgehead atoms. The number of rotatable bonds is 10. The van der Waals surface area contributed by atoms with E-state index in [4.69, 9.17) is 4.74 Å². The number of para-hydroxylation sites is 1. The normalized spacial score (nSPS) is 12.5. The van der Waals surface area contributed by atoms with Crippen LogP contribution in [0.15, 0.2) is 127 Å². The van der Waals surface area contributed by atoms with Gasteiger partial charge < -0.3 is 15.0 Å². The van der Waals surface area contributed by atoms with Crippen molar-refractivity contribution in [3.63, 3.8) is 0 Å². The lowest BCUT2D eigenvalue weighted by Crippen LogP contribution is -2.48. The predicted octanol–water partition coefficient (Wildman–Crippen LogP) is 7.76. The first-order chi connectivity index (χ1) is 22.4. The molecular weight excluding hydrogens is 578 g/mol. The van der Waals surface area contributed by atoms with Crippen molar-refractivity contribution in [2.24, 2.45) is 0 Å². The molecule has 0 spiro atoms. The number of benzene rings is 5. The van der Waals surface area contributed by atoms with Crippen molar-refractivity contribution < 1.29 is 19.2 Å². The van der Waals surface area contributed by atoms with Crippen molar-refractivity contribution in [1.29, 1.82) is 0 Å². The minimum Gasteiger partial charge on any atom is -0.449 e. The lowest BCUT2D eigenvalue weighted by molar-refractivity contribution is -0.384. The highest BCUT2D eigenvalue weighted by atomic mass is 16.6. The summed E-state index contributed by atoms with van der Waals surface area (Å²) in [6.07, 6.45) is 0.283. The van der Waals surface area contributed by atoms with Crippen LogP contribution in [0, 0.1) is 10.1 Å². The lowest BCUT2D eigenvalue weighted by atomic mass is 9.98. The molecule has 0 saturated carbocycles. The molecule has 1 atom stereocenters. The summed E-state index contributed by atoms with van der Waals surface area (Å²) in [7, 11) is 1.65. The Morgan fingerprint density at radius 3 is 1.98 bits per heavy atom. The molecule has 2 amide bonds. The number of nitrogens with zero attached hydrogens (tertiary/aromatic N) is 2. The van der Waals surface area contributed by atoms with Crippen molar-refractivity contribution in [2.75, 3.05) is 18.6 Å². The zero-order valence-electron chi connectivity index (χ0n) is 25.3. The van der Waals surface area contributed by atoms with Crippen LogP contribution in [0.25, 0.3) is 22.3 Å². The molecule has 1 N–H and O–H groups in total. The van der Waals surface area contributed by atoms with E-state index < -0.39 is 17.1 Å². The molecule has 0 saturated heterocycles. The number of nitrogens with one attached hydrogen (secondary N) is 1. The molecule has 8 heteroatoms. The maximum absolute atomic E-state index is 13.9. The van der Waals surface area contributed by atoms with Gasteiger partial charge in [0.2, 0.25) is 5.91 Å². The van der Waals surface area contributed by atoms with Crippen molar-refractivity contribution in [3.05, 3.63) is 154 Å². The van der Waals surface area contributed by atoms with Gasteiger partial charge in [-0.3, -0.25) is 14.9 Å². The molecular formula is C38H33N3O5. The van der Waals surface area contributed by atoms with Gasteiger partial charge in [-0.15, -0.1) is 0 Å². The molecule has 46 heavy (non-hydrogen) atoms. The number of fused-ring (bicyclic) bond motifs is 3. The summed E-state index contributed by atoms with van der Waals surface area (Å²) in [5.41, 5.74) is 7.29. The number of hydrogen-bond donors (Lipinski definition) is 1. The summed E-state index contributed by atoms with van der Waals surface area (Å²) in [5.74, 6) is -0.402. The highest BCUT2D eigenvalue weighted by Crippen LogP contribution is 2.44. The van der Waals surface area contributed by atoms with Gasteiger partial charge in [-0.05, 0) is 64.4 Å². The van der Waals surface area contributed by atoms with Crippen LogP contribution < -0.4 is 10.2 Å². The second-order valence-electron chi connectivity index (χ2n) is 11.3. The van der Waals surface area contributed by atoms with Crippen LogP contribution in [0.3, 0.4) is 0 Å². The van der Waals surface area contributed by atoms with E-state index in [1.165, 1.54) is 11.0 Å². The van der Waals surface area contributed by atoms with Crippen molar-refractivity contribution in [1.82, 2.24) is 5.32 Å². The molecule has 0 heterocycles. The molecule has 0 fully saturated rings. The Bertz CT molecular complexity index is 1830. The van der Waals surface area contributed by atoms with Gasteiger partial charge >= 0.3 is 6.09 Å². The molecule has 0 aromatic heterocycles. The number of ether oxygens (including phenoxy) is 1. The monoisotopic (exact) mass is 611 g/mol. The van der Waals surface area contributed by atoms with Gasteiger partial charge in [0.15, 0.2) is 0 Å². The summed E-state index contributed by atoms with van der Waals surface area (Å²) in [4.78, 5) is 39.7. The third kappa shape index (κ3) is 6.37. The van der Waals surface area contributed by atoms with Crippen LogP contribution in [-0.2, 0) is 16.0 Å². The Morgan fingerprint density at radius 1 is 0.783 bits per heavy atom. The molecule has 6 rings (SSSR count). The summed E-state index contributed by atoms with van der Waals surface area (Å²) in [5, 5.41) is 14.4. The van der Waals surface area contributed by atoms with Gasteiger partial charge in [-0.1, -0.05) is 103 Å². The number of alkyl carbamates (subject to hydrolysis) is 1. The van der Waals surface area contributed by atoms with Gasteiger partial charge in [-0.25, -0.2) is 4.79 Å². The number of amides is 2. The van der Waals surface area contributed by atoms with E-state index in [0.717, 1.165) is 27.8 Å². The van der Waals surface area contributed by atoms with Crippen molar-refractivity contribution in [3.8, 4) is 22.3 Å². The summed E-state index contributed by atoms with van der Waals surface area (Å²) < 4.78 is 5.78. The highest BCUT2D eigenvalue weighted by Gasteiger charge is 2.30. The predicted molar refractivity (Wildman–Crippen MR) is 179 cm³/mol. The molecule has 0 radical (unpaired) electrons. The van der Waals surface area contributed by atoms with Gasteiger partial charge in [-0.2, -0.15) is 0 Å². The number of aryl methyl sites for hydroxylation is 1. The van der Waals surface area contributed by atoms with Gasteiger partial charge in [0.25, 0.3) is 5.69 Å². The number of likely N-dealkylation sites (N-methyl/N-ethyl adjacent to an activating group) is 1. The molecule has 1 aliphatic carbocycles. The first kappa shape index (κ1) is 30.3. The highest BCUT2D eigenvalue weighted by molar-refractivity contribution is 5.98. The summed E-state index contributed by atoms with van der Waals surface area (Å²) in [6.45, 7) is 0.141. The Balaban J connectivity index is 1.17.